The van der Waals surface area contributed by atoms with Gasteiger partial charge in [-0.15, -0.1) is 0 Å². The fourth-order valence-electron chi connectivity index (χ4n) is 1.97. The molecule has 0 spiro atoms. The lowest BCUT2D eigenvalue weighted by Gasteiger charge is -2.31. The molecule has 0 atom stereocenters. The Labute approximate surface area is 123 Å². The largest absolute Gasteiger partial charge is 0.490 e. The van der Waals surface area contributed by atoms with Crippen LogP contribution in [0.2, 0.25) is 0 Å². The second-order valence-corrected chi connectivity index (χ2v) is 5.65. The zero-order chi connectivity index (χ0) is 15.6. The third-order valence-corrected chi connectivity index (χ3v) is 2.86. The first-order valence-corrected chi connectivity index (χ1v) is 6.67. The number of carbonyl (C=O) groups is 2. The number of ether oxygens (including phenoxy) is 3. The topological polar surface area (TPSA) is 65.1 Å². The minimum absolute atomic E-state index is 0.357. The molecule has 1 amide bonds. The van der Waals surface area contributed by atoms with Gasteiger partial charge >= 0.3 is 12.1 Å². The lowest BCUT2D eigenvalue weighted by molar-refractivity contribution is 0.0561. The van der Waals surface area contributed by atoms with E-state index in [1.54, 1.807) is 39.0 Å². The van der Waals surface area contributed by atoms with Crippen LogP contribution >= 0.6 is 0 Å². The van der Waals surface area contributed by atoms with Gasteiger partial charge in [-0.1, -0.05) is 0 Å². The Morgan fingerprint density at radius 3 is 2.62 bits per heavy atom. The molecule has 21 heavy (non-hydrogen) atoms. The summed E-state index contributed by atoms with van der Waals surface area (Å²) >= 11 is 0. The molecule has 114 valence electrons. The van der Waals surface area contributed by atoms with Gasteiger partial charge in [0.2, 0.25) is 0 Å². The third-order valence-electron chi connectivity index (χ3n) is 2.86. The van der Waals surface area contributed by atoms with Crippen LogP contribution in [-0.4, -0.2) is 37.9 Å². The molecule has 0 saturated heterocycles. The summed E-state index contributed by atoms with van der Waals surface area (Å²) < 4.78 is 15.6. The smallest absolute Gasteiger partial charge is 0.415 e. The van der Waals surface area contributed by atoms with Gasteiger partial charge in [-0.05, 0) is 39.0 Å². The molecule has 2 rings (SSSR count). The number of hydrogen-bond donors (Lipinski definition) is 0. The summed E-state index contributed by atoms with van der Waals surface area (Å²) in [5.41, 5.74) is 0.281. The number of anilines is 1. The highest BCUT2D eigenvalue weighted by molar-refractivity contribution is 5.95. The third kappa shape index (κ3) is 3.45. The van der Waals surface area contributed by atoms with Crippen LogP contribution in [-0.2, 0) is 9.47 Å². The minimum Gasteiger partial charge on any atom is -0.490 e. The van der Waals surface area contributed by atoms with Crippen molar-refractivity contribution in [3.05, 3.63) is 23.8 Å². The number of benzene rings is 1. The highest BCUT2D eigenvalue weighted by Crippen LogP contribution is 2.33. The number of nitrogens with zero attached hydrogens (tertiary/aromatic N) is 1. The van der Waals surface area contributed by atoms with Gasteiger partial charge in [0.25, 0.3) is 0 Å². The highest BCUT2D eigenvalue weighted by Gasteiger charge is 2.29. The van der Waals surface area contributed by atoms with E-state index >= 15 is 0 Å². The maximum absolute atomic E-state index is 12.3. The first-order valence-electron chi connectivity index (χ1n) is 6.67. The number of methoxy groups -OCH3 is 1. The molecule has 0 fully saturated rings. The van der Waals surface area contributed by atoms with E-state index in [0.717, 1.165) is 0 Å². The van der Waals surface area contributed by atoms with Gasteiger partial charge in [-0.25, -0.2) is 9.59 Å². The van der Waals surface area contributed by atoms with Crippen molar-refractivity contribution >= 4 is 17.7 Å². The van der Waals surface area contributed by atoms with Crippen LogP contribution in [0, 0.1) is 0 Å². The standard InChI is InChI=1S/C15H19NO5/c1-15(2,3)21-14(18)16-7-8-20-12-6-5-10(9-11(12)16)13(17)19-4/h5-6,9H,7-8H2,1-4H3. The summed E-state index contributed by atoms with van der Waals surface area (Å²) in [6.07, 6.45) is -0.464. The van der Waals surface area contributed by atoms with Crippen molar-refractivity contribution in [1.82, 2.24) is 0 Å². The first-order chi connectivity index (χ1) is 9.81. The first kappa shape index (κ1) is 15.2. The molecule has 1 aromatic rings. The Bertz CT molecular complexity index is 562. The number of rotatable bonds is 1. The average Bonchev–Trinajstić information content (AvgIpc) is 2.43. The Morgan fingerprint density at radius 2 is 2.00 bits per heavy atom. The van der Waals surface area contributed by atoms with Crippen LogP contribution < -0.4 is 9.64 Å². The van der Waals surface area contributed by atoms with Crippen molar-refractivity contribution in [3.8, 4) is 5.75 Å². The summed E-state index contributed by atoms with van der Waals surface area (Å²) in [4.78, 5) is 25.3. The lowest BCUT2D eigenvalue weighted by atomic mass is 10.1. The second kappa shape index (κ2) is 5.63. The normalized spacial score (nSPS) is 14.0. The number of carbonyl (C=O) groups excluding carboxylic acids is 2. The Hall–Kier alpha value is -2.24. The van der Waals surface area contributed by atoms with Crippen molar-refractivity contribution in [2.24, 2.45) is 0 Å². The van der Waals surface area contributed by atoms with Gasteiger partial charge in [0.05, 0.1) is 24.9 Å². The van der Waals surface area contributed by atoms with Crippen LogP contribution in [0.5, 0.6) is 5.75 Å². The predicted molar refractivity (Wildman–Crippen MR) is 76.9 cm³/mol. The lowest BCUT2D eigenvalue weighted by Crippen LogP contribution is -2.41. The van der Waals surface area contributed by atoms with Gasteiger partial charge in [-0.2, -0.15) is 0 Å². The van der Waals surface area contributed by atoms with Crippen molar-refractivity contribution < 1.29 is 23.8 Å². The molecule has 6 nitrogen and oxygen atoms in total. The Kier molecular flexibility index (Phi) is 4.06. The molecule has 1 aliphatic heterocycles. The molecule has 1 aromatic carbocycles. The minimum atomic E-state index is -0.588. The molecule has 0 N–H and O–H groups in total. The predicted octanol–water partition coefficient (Wildman–Crippen LogP) is 2.61. The molecule has 0 radical (unpaired) electrons. The monoisotopic (exact) mass is 293 g/mol. The van der Waals surface area contributed by atoms with Gasteiger partial charge in [0.15, 0.2) is 0 Å². The summed E-state index contributed by atoms with van der Waals surface area (Å²) in [5.74, 6) is 0.0762. The fraction of sp³-hybridized carbons (Fsp3) is 0.467. The molecule has 1 heterocycles. The van der Waals surface area contributed by atoms with Crippen LogP contribution in [0.25, 0.3) is 0 Å². The molecule has 0 unspecified atom stereocenters. The van der Waals surface area contributed by atoms with Crippen LogP contribution in [0.15, 0.2) is 18.2 Å². The summed E-state index contributed by atoms with van der Waals surface area (Å²) in [7, 11) is 1.31. The van der Waals surface area contributed by atoms with E-state index in [-0.39, 0.29) is 0 Å². The van der Waals surface area contributed by atoms with E-state index in [1.165, 1.54) is 12.0 Å². The molecule has 0 aromatic heterocycles. The molecule has 0 saturated carbocycles. The number of hydrogen-bond acceptors (Lipinski definition) is 5. The maximum atomic E-state index is 12.3. The molecule has 6 heteroatoms. The van der Waals surface area contributed by atoms with Crippen LogP contribution in [0.3, 0.4) is 0 Å². The van der Waals surface area contributed by atoms with Crippen molar-refractivity contribution in [2.75, 3.05) is 25.2 Å². The zero-order valence-electron chi connectivity index (χ0n) is 12.6. The van der Waals surface area contributed by atoms with Gasteiger partial charge in [0.1, 0.15) is 18.0 Å². The SMILES string of the molecule is COC(=O)c1ccc2c(c1)N(C(=O)OC(C)(C)C)CCO2. The van der Waals surface area contributed by atoms with E-state index in [1.807, 2.05) is 0 Å². The number of esters is 1. The second-order valence-electron chi connectivity index (χ2n) is 5.65. The Balaban J connectivity index is 2.33. The van der Waals surface area contributed by atoms with Crippen LogP contribution in [0.4, 0.5) is 10.5 Å². The van der Waals surface area contributed by atoms with Crippen LogP contribution in [0.1, 0.15) is 31.1 Å². The van der Waals surface area contributed by atoms with Crippen molar-refractivity contribution in [1.29, 1.82) is 0 Å². The number of fused-ring (bicyclic) bond motifs is 1. The van der Waals surface area contributed by atoms with E-state index in [0.29, 0.717) is 30.2 Å². The van der Waals surface area contributed by atoms with E-state index < -0.39 is 17.7 Å². The van der Waals surface area contributed by atoms with Crippen molar-refractivity contribution in [3.63, 3.8) is 0 Å². The van der Waals surface area contributed by atoms with E-state index in [9.17, 15) is 9.59 Å². The number of amides is 1. The Morgan fingerprint density at radius 1 is 1.29 bits per heavy atom. The molecule has 0 aliphatic carbocycles. The molecule has 1 aliphatic rings. The fourth-order valence-corrected chi connectivity index (χ4v) is 1.97. The molecular weight excluding hydrogens is 274 g/mol. The maximum Gasteiger partial charge on any atom is 0.415 e. The zero-order valence-corrected chi connectivity index (χ0v) is 12.6. The highest BCUT2D eigenvalue weighted by atomic mass is 16.6. The molecular formula is C15H19NO5. The van der Waals surface area contributed by atoms with E-state index in [4.69, 9.17) is 9.47 Å². The quantitative estimate of drug-likeness (QED) is 0.745. The summed E-state index contributed by atoms with van der Waals surface area (Å²) in [5, 5.41) is 0. The van der Waals surface area contributed by atoms with Gasteiger partial charge < -0.3 is 14.2 Å². The van der Waals surface area contributed by atoms with E-state index in [2.05, 4.69) is 4.74 Å². The summed E-state index contributed by atoms with van der Waals surface area (Å²) in [6, 6.07) is 4.83. The summed E-state index contributed by atoms with van der Waals surface area (Å²) in [6.45, 7) is 6.15. The van der Waals surface area contributed by atoms with Gasteiger partial charge in [-0.3, -0.25) is 4.90 Å². The van der Waals surface area contributed by atoms with Gasteiger partial charge in [0, 0.05) is 0 Å². The molecule has 0 bridgehead atoms. The average molecular weight is 293 g/mol. The van der Waals surface area contributed by atoms with Crippen molar-refractivity contribution in [2.45, 2.75) is 26.4 Å².